The minimum atomic E-state index is -0.627. The lowest BCUT2D eigenvalue weighted by molar-refractivity contribution is -0.143. The second-order valence-electron chi connectivity index (χ2n) is 8.49. The maximum absolute atomic E-state index is 13.3. The van der Waals surface area contributed by atoms with Crippen molar-refractivity contribution >= 4 is 39.3 Å². The minimum absolute atomic E-state index is 0.0236. The van der Waals surface area contributed by atoms with Crippen LogP contribution < -0.4 is 10.1 Å². The van der Waals surface area contributed by atoms with Crippen LogP contribution in [0.4, 0.5) is 0 Å². The summed E-state index contributed by atoms with van der Waals surface area (Å²) >= 11 is 9.90. The van der Waals surface area contributed by atoms with Crippen LogP contribution in [0.2, 0.25) is 5.02 Å². The number of hydrogen-bond donors (Lipinski definition) is 1. The predicted molar refractivity (Wildman–Crippen MR) is 138 cm³/mol. The third kappa shape index (κ3) is 7.75. The van der Waals surface area contributed by atoms with Crippen LogP contribution in [0.15, 0.2) is 46.9 Å². The number of halogens is 2. The number of carbonyl (C=O) groups excluding carboxylic acids is 2. The number of benzene rings is 2. The summed E-state index contributed by atoms with van der Waals surface area (Å²) in [6.07, 6.45) is 1.29. The molecule has 0 radical (unpaired) electrons. The summed E-state index contributed by atoms with van der Waals surface area (Å²) in [7, 11) is 0. The Balaban J connectivity index is 2.25. The first kappa shape index (κ1) is 27.2. The molecule has 0 spiro atoms. The van der Waals surface area contributed by atoms with Crippen LogP contribution in [0.5, 0.6) is 5.75 Å². The van der Waals surface area contributed by atoms with E-state index in [1.807, 2.05) is 57.2 Å². The standard InChI is InChI=1S/C26H34BrClN2O3/c1-6-18(5)29-26(32)23(7-2)30(15-20-10-8-9-11-22(20)28)25(31)16-33-24-13-12-19(17(3)4)14-21(24)27/h8-14,17-18,23H,6-7,15-16H2,1-5H3,(H,29,32)/t18-,23+/m0/s1. The summed E-state index contributed by atoms with van der Waals surface area (Å²) in [5, 5.41) is 3.56. The Kier molecular flexibility index (Phi) is 10.7. The monoisotopic (exact) mass is 536 g/mol. The van der Waals surface area contributed by atoms with E-state index < -0.39 is 6.04 Å². The third-order valence-electron chi connectivity index (χ3n) is 5.66. The fourth-order valence-corrected chi connectivity index (χ4v) is 4.09. The highest BCUT2D eigenvalue weighted by atomic mass is 79.9. The topological polar surface area (TPSA) is 58.6 Å². The Morgan fingerprint density at radius 1 is 1.09 bits per heavy atom. The normalized spacial score (nSPS) is 12.8. The molecule has 0 aliphatic rings. The largest absolute Gasteiger partial charge is 0.483 e. The number of carbonyl (C=O) groups is 2. The average molecular weight is 538 g/mol. The first-order valence-corrected chi connectivity index (χ1v) is 12.6. The molecule has 2 rings (SSSR count). The van der Waals surface area contributed by atoms with Crippen molar-refractivity contribution in [1.82, 2.24) is 10.2 Å². The van der Waals surface area contributed by atoms with Crippen LogP contribution in [0.1, 0.15) is 64.5 Å². The molecule has 2 aromatic rings. The summed E-state index contributed by atoms with van der Waals surface area (Å²) in [5.74, 6) is 0.524. The van der Waals surface area contributed by atoms with Crippen LogP contribution in [0, 0.1) is 0 Å². The minimum Gasteiger partial charge on any atom is -0.483 e. The van der Waals surface area contributed by atoms with Gasteiger partial charge in [-0.15, -0.1) is 0 Å². The van der Waals surface area contributed by atoms with E-state index in [1.165, 1.54) is 5.56 Å². The van der Waals surface area contributed by atoms with Gasteiger partial charge in [0.25, 0.3) is 5.91 Å². The van der Waals surface area contributed by atoms with Crippen molar-refractivity contribution in [3.05, 3.63) is 63.1 Å². The van der Waals surface area contributed by atoms with Gasteiger partial charge in [0.05, 0.1) is 4.47 Å². The molecule has 0 aliphatic heterocycles. The second kappa shape index (κ2) is 13.0. The van der Waals surface area contributed by atoms with E-state index in [0.717, 1.165) is 16.5 Å². The fourth-order valence-electron chi connectivity index (χ4n) is 3.39. The molecule has 180 valence electrons. The molecular formula is C26H34BrClN2O3. The van der Waals surface area contributed by atoms with Gasteiger partial charge in [0.2, 0.25) is 5.91 Å². The van der Waals surface area contributed by atoms with Crippen molar-refractivity contribution in [2.45, 2.75) is 72.0 Å². The quantitative estimate of drug-likeness (QED) is 0.364. The Morgan fingerprint density at radius 3 is 2.36 bits per heavy atom. The van der Waals surface area contributed by atoms with Crippen molar-refractivity contribution in [1.29, 1.82) is 0 Å². The van der Waals surface area contributed by atoms with Gasteiger partial charge in [0.15, 0.2) is 6.61 Å². The van der Waals surface area contributed by atoms with Gasteiger partial charge in [-0.3, -0.25) is 9.59 Å². The Labute approximate surface area is 211 Å². The maximum Gasteiger partial charge on any atom is 0.261 e. The molecule has 7 heteroatoms. The van der Waals surface area contributed by atoms with E-state index in [2.05, 4.69) is 35.1 Å². The summed E-state index contributed by atoms with van der Waals surface area (Å²) in [4.78, 5) is 27.9. The Morgan fingerprint density at radius 2 is 1.79 bits per heavy atom. The lowest BCUT2D eigenvalue weighted by Gasteiger charge is -2.31. The third-order valence-corrected chi connectivity index (χ3v) is 6.65. The van der Waals surface area contributed by atoms with Crippen LogP contribution in [0.3, 0.4) is 0 Å². The Hall–Kier alpha value is -2.05. The molecule has 2 amide bonds. The van der Waals surface area contributed by atoms with Crippen LogP contribution in [0.25, 0.3) is 0 Å². The van der Waals surface area contributed by atoms with E-state index in [0.29, 0.717) is 23.1 Å². The maximum atomic E-state index is 13.3. The van der Waals surface area contributed by atoms with Crippen molar-refractivity contribution in [2.75, 3.05) is 6.61 Å². The number of ether oxygens (including phenoxy) is 1. The highest BCUT2D eigenvalue weighted by molar-refractivity contribution is 9.10. The van der Waals surface area contributed by atoms with Gasteiger partial charge in [0, 0.05) is 17.6 Å². The number of rotatable bonds is 11. The van der Waals surface area contributed by atoms with Crippen LogP contribution in [-0.4, -0.2) is 35.4 Å². The lowest BCUT2D eigenvalue weighted by Crippen LogP contribution is -2.51. The molecule has 2 aromatic carbocycles. The number of nitrogens with one attached hydrogen (secondary N) is 1. The van der Waals surface area contributed by atoms with Crippen molar-refractivity contribution in [3.8, 4) is 5.75 Å². The molecule has 0 heterocycles. The van der Waals surface area contributed by atoms with Crippen molar-refractivity contribution < 1.29 is 14.3 Å². The van der Waals surface area contributed by atoms with Crippen LogP contribution >= 0.6 is 27.5 Å². The average Bonchev–Trinajstić information content (AvgIpc) is 2.78. The highest BCUT2D eigenvalue weighted by Gasteiger charge is 2.30. The Bertz CT molecular complexity index is 951. The fraction of sp³-hybridized carbons (Fsp3) is 0.462. The van der Waals surface area contributed by atoms with Gasteiger partial charge in [-0.25, -0.2) is 0 Å². The molecule has 2 atom stereocenters. The van der Waals surface area contributed by atoms with Gasteiger partial charge in [0.1, 0.15) is 11.8 Å². The molecular weight excluding hydrogens is 504 g/mol. The zero-order chi connectivity index (χ0) is 24.5. The van der Waals surface area contributed by atoms with E-state index in [1.54, 1.807) is 11.0 Å². The summed E-state index contributed by atoms with van der Waals surface area (Å²) < 4.78 is 6.65. The molecule has 0 unspecified atom stereocenters. The van der Waals surface area contributed by atoms with Gasteiger partial charge >= 0.3 is 0 Å². The highest BCUT2D eigenvalue weighted by Crippen LogP contribution is 2.29. The van der Waals surface area contributed by atoms with Gasteiger partial charge in [-0.05, 0) is 70.9 Å². The molecule has 0 aliphatic carbocycles. The molecule has 0 aromatic heterocycles. The number of amides is 2. The van der Waals surface area contributed by atoms with Gasteiger partial charge in [-0.1, -0.05) is 63.6 Å². The zero-order valence-corrected chi connectivity index (χ0v) is 22.4. The summed E-state index contributed by atoms with van der Waals surface area (Å²) in [5.41, 5.74) is 1.96. The van der Waals surface area contributed by atoms with Gasteiger partial charge in [-0.2, -0.15) is 0 Å². The molecule has 1 N–H and O–H groups in total. The smallest absolute Gasteiger partial charge is 0.261 e. The van der Waals surface area contributed by atoms with E-state index >= 15 is 0 Å². The molecule has 33 heavy (non-hydrogen) atoms. The van der Waals surface area contributed by atoms with Crippen LogP contribution in [-0.2, 0) is 16.1 Å². The van der Waals surface area contributed by atoms with Gasteiger partial charge < -0.3 is 15.0 Å². The molecule has 0 fully saturated rings. The zero-order valence-electron chi connectivity index (χ0n) is 20.0. The van der Waals surface area contributed by atoms with Crippen molar-refractivity contribution in [2.24, 2.45) is 0 Å². The lowest BCUT2D eigenvalue weighted by atomic mass is 10.0. The number of nitrogens with zero attached hydrogens (tertiary/aromatic N) is 1. The summed E-state index contributed by atoms with van der Waals surface area (Å²) in [6, 6.07) is 12.6. The number of hydrogen-bond acceptors (Lipinski definition) is 3. The first-order chi connectivity index (χ1) is 15.7. The van der Waals surface area contributed by atoms with E-state index in [4.69, 9.17) is 16.3 Å². The summed E-state index contributed by atoms with van der Waals surface area (Å²) in [6.45, 7) is 10.1. The van der Waals surface area contributed by atoms with E-state index in [9.17, 15) is 9.59 Å². The SMILES string of the molecule is CC[C@H](C(=O)N[C@@H](C)CC)N(Cc1ccccc1Cl)C(=O)COc1ccc(C(C)C)cc1Br. The van der Waals surface area contributed by atoms with E-state index in [-0.39, 0.29) is 31.0 Å². The molecule has 0 saturated carbocycles. The first-order valence-electron chi connectivity index (χ1n) is 11.4. The predicted octanol–water partition coefficient (Wildman–Crippen LogP) is 6.33. The molecule has 0 saturated heterocycles. The molecule has 5 nitrogen and oxygen atoms in total. The van der Waals surface area contributed by atoms with Crippen molar-refractivity contribution in [3.63, 3.8) is 0 Å². The second-order valence-corrected chi connectivity index (χ2v) is 9.75. The molecule has 0 bridgehead atoms.